The molecule has 0 spiro atoms. The van der Waals surface area contributed by atoms with Gasteiger partial charge in [0.15, 0.2) is 0 Å². The Balaban J connectivity index is 2.05. The molecule has 36 heavy (non-hydrogen) atoms. The van der Waals surface area contributed by atoms with E-state index in [1.807, 2.05) is 44.2 Å². The Morgan fingerprint density at radius 3 is 2.33 bits per heavy atom. The zero-order chi connectivity index (χ0) is 26.7. The minimum Gasteiger partial charge on any atom is -0.345 e. The van der Waals surface area contributed by atoms with Gasteiger partial charge in [0.1, 0.15) is 11.5 Å². The van der Waals surface area contributed by atoms with Gasteiger partial charge in [0.05, 0.1) is 11.6 Å². The van der Waals surface area contributed by atoms with E-state index in [4.69, 9.17) is 0 Å². The van der Waals surface area contributed by atoms with Crippen molar-refractivity contribution >= 4 is 17.7 Å². The molecule has 2 aromatic rings. The highest BCUT2D eigenvalue weighted by Gasteiger charge is 2.46. The van der Waals surface area contributed by atoms with E-state index in [0.29, 0.717) is 0 Å². The topological polar surface area (TPSA) is 41.5 Å². The molecule has 0 heterocycles. The van der Waals surface area contributed by atoms with Crippen LogP contribution in [-0.2, 0) is 5.67 Å². The van der Waals surface area contributed by atoms with Gasteiger partial charge in [-0.05, 0) is 67.9 Å². The summed E-state index contributed by atoms with van der Waals surface area (Å²) >= 11 is 0. The van der Waals surface area contributed by atoms with Gasteiger partial charge in [0.25, 0.3) is 5.91 Å². The van der Waals surface area contributed by atoms with Gasteiger partial charge in [0, 0.05) is 31.7 Å². The van der Waals surface area contributed by atoms with E-state index in [0.717, 1.165) is 16.7 Å². The molecule has 1 atom stereocenters. The predicted octanol–water partition coefficient (Wildman–Crippen LogP) is 7.82. The third kappa shape index (κ3) is 6.05. The maximum atomic E-state index is 15.2. The summed E-state index contributed by atoms with van der Waals surface area (Å²) in [6, 6.07) is 10.9. The van der Waals surface area contributed by atoms with Crippen molar-refractivity contribution in [2.75, 3.05) is 7.05 Å². The van der Waals surface area contributed by atoms with Crippen LogP contribution in [-0.4, -0.2) is 25.1 Å². The van der Waals surface area contributed by atoms with Gasteiger partial charge in [-0.3, -0.25) is 9.79 Å². The van der Waals surface area contributed by atoms with Crippen LogP contribution in [0.15, 0.2) is 53.5 Å². The molecule has 3 rings (SSSR count). The number of allylic oxidation sites excluding steroid dienone is 2. The Morgan fingerprint density at radius 2 is 1.75 bits per heavy atom. The first-order chi connectivity index (χ1) is 16.8. The molecule has 3 nitrogen and oxygen atoms in total. The first-order valence-corrected chi connectivity index (χ1v) is 12.2. The molecule has 1 amide bonds. The number of hydrogen-bond donors (Lipinski definition) is 1. The lowest BCUT2D eigenvalue weighted by molar-refractivity contribution is -0.0705. The summed E-state index contributed by atoms with van der Waals surface area (Å²) in [5.41, 5.74) is -0.715. The van der Waals surface area contributed by atoms with E-state index in [2.05, 4.69) is 10.3 Å². The zero-order valence-electron chi connectivity index (χ0n) is 21.5. The molecule has 0 aromatic heterocycles. The van der Waals surface area contributed by atoms with Crippen molar-refractivity contribution in [2.45, 2.75) is 71.0 Å². The number of hydrogen-bond acceptors (Lipinski definition) is 2. The standard InChI is InChI=1S/C29H34F4N2O/c1-6-19(18-34-5)20-9-7-10-21(17-20)25(28(4)13-15-29(32,33)16-14-28)35-26(36)22-11-8-12-23(24(22)30)27(2,3)31/h6-12,17-18,25H,13-16H2,1-5H3,(H,35,36)/b19-6+,34-18?. The monoisotopic (exact) mass is 502 g/mol. The lowest BCUT2D eigenvalue weighted by Gasteiger charge is -2.43. The van der Waals surface area contributed by atoms with Gasteiger partial charge in [-0.25, -0.2) is 17.6 Å². The number of aliphatic imine (C=N–C) groups is 1. The third-order valence-electron chi connectivity index (χ3n) is 7.11. The Kier molecular flexibility index (Phi) is 8.11. The maximum absolute atomic E-state index is 15.2. The summed E-state index contributed by atoms with van der Waals surface area (Å²) in [5, 5.41) is 2.92. The van der Waals surface area contributed by atoms with Crippen LogP contribution in [0, 0.1) is 11.2 Å². The van der Waals surface area contributed by atoms with E-state index < -0.39 is 34.8 Å². The van der Waals surface area contributed by atoms with E-state index in [1.165, 1.54) is 32.0 Å². The molecule has 2 aromatic carbocycles. The van der Waals surface area contributed by atoms with Crippen LogP contribution in [0.3, 0.4) is 0 Å². The predicted molar refractivity (Wildman–Crippen MR) is 137 cm³/mol. The molecule has 0 saturated heterocycles. The van der Waals surface area contributed by atoms with Crippen molar-refractivity contribution in [3.63, 3.8) is 0 Å². The first-order valence-electron chi connectivity index (χ1n) is 12.2. The van der Waals surface area contributed by atoms with E-state index >= 15 is 4.39 Å². The van der Waals surface area contributed by atoms with Crippen LogP contribution in [0.1, 0.15) is 86.5 Å². The van der Waals surface area contributed by atoms with E-state index in [1.54, 1.807) is 13.3 Å². The Labute approximate surface area is 210 Å². The fraction of sp³-hybridized carbons (Fsp3) is 0.448. The second-order valence-corrected chi connectivity index (χ2v) is 10.3. The Morgan fingerprint density at radius 1 is 1.11 bits per heavy atom. The average Bonchev–Trinajstić information content (AvgIpc) is 2.82. The number of halogens is 4. The molecule has 0 bridgehead atoms. The van der Waals surface area contributed by atoms with Gasteiger partial charge < -0.3 is 5.32 Å². The molecule has 1 saturated carbocycles. The molecule has 0 aliphatic heterocycles. The molecule has 7 heteroatoms. The largest absolute Gasteiger partial charge is 0.345 e. The lowest BCUT2D eigenvalue weighted by atomic mass is 9.67. The van der Waals surface area contributed by atoms with Crippen LogP contribution >= 0.6 is 0 Å². The van der Waals surface area contributed by atoms with E-state index in [9.17, 15) is 18.0 Å². The second kappa shape index (κ2) is 10.6. The number of nitrogens with zero attached hydrogens (tertiary/aromatic N) is 1. The summed E-state index contributed by atoms with van der Waals surface area (Å²) in [6.45, 7) is 6.21. The van der Waals surface area contributed by atoms with Crippen LogP contribution in [0.25, 0.3) is 5.57 Å². The maximum Gasteiger partial charge on any atom is 0.254 e. The minimum atomic E-state index is -2.75. The molecule has 194 valence electrons. The lowest BCUT2D eigenvalue weighted by Crippen LogP contribution is -2.43. The number of nitrogens with one attached hydrogen (secondary N) is 1. The second-order valence-electron chi connectivity index (χ2n) is 10.3. The van der Waals surface area contributed by atoms with Crippen LogP contribution in [0.2, 0.25) is 0 Å². The average molecular weight is 503 g/mol. The SMILES string of the molecule is C/C=C(\C=NC)c1cccc(C(NC(=O)c2cccc(C(C)(C)F)c2F)C2(C)CCC(F)(F)CC2)c1. The van der Waals surface area contributed by atoms with Crippen LogP contribution in [0.4, 0.5) is 17.6 Å². The number of alkyl halides is 3. The van der Waals surface area contributed by atoms with Gasteiger partial charge in [-0.15, -0.1) is 0 Å². The summed E-state index contributed by atoms with van der Waals surface area (Å²) in [7, 11) is 1.67. The van der Waals surface area contributed by atoms with Crippen molar-refractivity contribution in [3.05, 3.63) is 76.6 Å². The summed E-state index contributed by atoms with van der Waals surface area (Å²) in [4.78, 5) is 17.4. The van der Waals surface area contributed by atoms with Crippen LogP contribution in [0.5, 0.6) is 0 Å². The zero-order valence-corrected chi connectivity index (χ0v) is 21.5. The number of carbonyl (C=O) groups excluding carboxylic acids is 1. The number of amides is 1. The molecular formula is C29H34F4N2O. The Bertz CT molecular complexity index is 1150. The van der Waals surface area contributed by atoms with Crippen molar-refractivity contribution in [2.24, 2.45) is 10.4 Å². The summed E-state index contributed by atoms with van der Waals surface area (Å²) < 4.78 is 57.8. The number of carbonyl (C=O) groups is 1. The smallest absolute Gasteiger partial charge is 0.254 e. The van der Waals surface area contributed by atoms with Crippen molar-refractivity contribution in [1.29, 1.82) is 0 Å². The summed E-state index contributed by atoms with van der Waals surface area (Å²) in [6.07, 6.45) is 3.40. The van der Waals surface area contributed by atoms with Crippen molar-refractivity contribution in [3.8, 4) is 0 Å². The summed E-state index contributed by atoms with van der Waals surface area (Å²) in [5.74, 6) is -4.39. The molecule has 1 N–H and O–H groups in total. The fourth-order valence-electron chi connectivity index (χ4n) is 4.86. The van der Waals surface area contributed by atoms with Gasteiger partial charge in [-0.2, -0.15) is 0 Å². The normalized spacial score (nSPS) is 18.8. The molecular weight excluding hydrogens is 468 g/mol. The minimum absolute atomic E-state index is 0.183. The van der Waals surface area contributed by atoms with Crippen molar-refractivity contribution < 1.29 is 22.4 Å². The number of rotatable bonds is 7. The van der Waals surface area contributed by atoms with Gasteiger partial charge in [-0.1, -0.05) is 43.3 Å². The number of benzene rings is 2. The van der Waals surface area contributed by atoms with Gasteiger partial charge in [0.2, 0.25) is 5.92 Å². The highest BCUT2D eigenvalue weighted by Crippen LogP contribution is 2.50. The molecule has 1 unspecified atom stereocenters. The van der Waals surface area contributed by atoms with E-state index in [-0.39, 0.29) is 36.8 Å². The molecule has 1 aliphatic rings. The van der Waals surface area contributed by atoms with Crippen LogP contribution < -0.4 is 5.32 Å². The molecule has 0 radical (unpaired) electrons. The highest BCUT2D eigenvalue weighted by molar-refractivity contribution is 6.09. The highest BCUT2D eigenvalue weighted by atomic mass is 19.3. The fourth-order valence-corrected chi connectivity index (χ4v) is 4.86. The quantitative estimate of drug-likeness (QED) is 0.304. The molecule has 1 fully saturated rings. The van der Waals surface area contributed by atoms with Gasteiger partial charge >= 0.3 is 0 Å². The van der Waals surface area contributed by atoms with Crippen molar-refractivity contribution in [1.82, 2.24) is 5.32 Å². The molecule has 1 aliphatic carbocycles. The Hall–Kier alpha value is -2.96. The first kappa shape index (κ1) is 27.6. The third-order valence-corrected chi connectivity index (χ3v) is 7.11.